The van der Waals surface area contributed by atoms with Gasteiger partial charge in [0.05, 0.1) is 0 Å². The zero-order chi connectivity index (χ0) is 11.8. The minimum Gasteiger partial charge on any atom is -0.329 e. The van der Waals surface area contributed by atoms with Crippen molar-refractivity contribution in [1.82, 2.24) is 4.90 Å². The lowest BCUT2D eigenvalue weighted by Gasteiger charge is -2.36. The van der Waals surface area contributed by atoms with Crippen molar-refractivity contribution in [1.29, 1.82) is 0 Å². The van der Waals surface area contributed by atoms with Crippen LogP contribution in [0.2, 0.25) is 0 Å². The van der Waals surface area contributed by atoms with Crippen molar-refractivity contribution in [3.63, 3.8) is 0 Å². The zero-order valence-corrected chi connectivity index (χ0v) is 11.3. The second kappa shape index (κ2) is 8.08. The number of rotatable bonds is 7. The summed E-state index contributed by atoms with van der Waals surface area (Å²) in [4.78, 5) is 2.58. The van der Waals surface area contributed by atoms with E-state index in [1.165, 1.54) is 57.8 Å². The zero-order valence-electron chi connectivity index (χ0n) is 11.3. The fourth-order valence-corrected chi connectivity index (χ4v) is 2.90. The third-order valence-corrected chi connectivity index (χ3v) is 4.14. The maximum Gasteiger partial charge on any atom is 0.0218 e. The summed E-state index contributed by atoms with van der Waals surface area (Å²) < 4.78 is 0. The van der Waals surface area contributed by atoms with Gasteiger partial charge in [-0.25, -0.2) is 0 Å². The van der Waals surface area contributed by atoms with Crippen molar-refractivity contribution in [2.24, 2.45) is 5.73 Å². The summed E-state index contributed by atoms with van der Waals surface area (Å²) in [6, 6.07) is 1.43. The topological polar surface area (TPSA) is 29.3 Å². The first-order valence-corrected chi connectivity index (χ1v) is 7.21. The molecule has 1 unspecified atom stereocenters. The van der Waals surface area contributed by atoms with E-state index < -0.39 is 0 Å². The fraction of sp³-hybridized carbons (Fsp3) is 1.00. The normalized spacial score (nSPS) is 20.2. The van der Waals surface area contributed by atoms with Gasteiger partial charge in [0.15, 0.2) is 0 Å². The Morgan fingerprint density at radius 3 is 2.44 bits per heavy atom. The Hall–Kier alpha value is -0.0800. The maximum atomic E-state index is 5.92. The Morgan fingerprint density at radius 1 is 1.19 bits per heavy atom. The molecule has 0 spiro atoms. The van der Waals surface area contributed by atoms with Crippen LogP contribution in [0.25, 0.3) is 0 Å². The molecule has 2 nitrogen and oxygen atoms in total. The van der Waals surface area contributed by atoms with E-state index in [0.29, 0.717) is 6.04 Å². The molecule has 2 heteroatoms. The van der Waals surface area contributed by atoms with E-state index in [1.54, 1.807) is 0 Å². The van der Waals surface area contributed by atoms with Gasteiger partial charge in [-0.1, -0.05) is 45.4 Å². The van der Waals surface area contributed by atoms with Crippen LogP contribution in [-0.2, 0) is 0 Å². The van der Waals surface area contributed by atoms with Gasteiger partial charge in [0.25, 0.3) is 0 Å². The van der Waals surface area contributed by atoms with Crippen molar-refractivity contribution in [3.05, 3.63) is 0 Å². The van der Waals surface area contributed by atoms with Crippen LogP contribution in [0.5, 0.6) is 0 Å². The van der Waals surface area contributed by atoms with E-state index in [0.717, 1.165) is 12.6 Å². The molecule has 2 N–H and O–H groups in total. The molecular formula is C14H30N2. The molecule has 1 aliphatic carbocycles. The predicted octanol–water partition coefficient (Wildman–Crippen LogP) is 3.16. The summed E-state index contributed by atoms with van der Waals surface area (Å²) in [5.41, 5.74) is 5.92. The molecule has 0 heterocycles. The summed E-state index contributed by atoms with van der Waals surface area (Å²) in [5, 5.41) is 0. The molecule has 0 aromatic rings. The van der Waals surface area contributed by atoms with Crippen LogP contribution in [0, 0.1) is 0 Å². The molecule has 1 fully saturated rings. The van der Waals surface area contributed by atoms with Crippen LogP contribution in [0.4, 0.5) is 0 Å². The second-order valence-electron chi connectivity index (χ2n) is 5.34. The van der Waals surface area contributed by atoms with E-state index in [1.807, 2.05) is 0 Å². The predicted molar refractivity (Wildman–Crippen MR) is 71.6 cm³/mol. The van der Waals surface area contributed by atoms with E-state index in [2.05, 4.69) is 18.9 Å². The number of likely N-dealkylation sites (N-methyl/N-ethyl adjacent to an activating group) is 1. The van der Waals surface area contributed by atoms with E-state index in [-0.39, 0.29) is 0 Å². The summed E-state index contributed by atoms with van der Waals surface area (Å²) in [6.45, 7) is 3.10. The average molecular weight is 226 g/mol. The summed E-state index contributed by atoms with van der Waals surface area (Å²) in [7, 11) is 2.29. The molecule has 1 aliphatic rings. The summed E-state index contributed by atoms with van der Waals surface area (Å²) in [5.74, 6) is 0. The largest absolute Gasteiger partial charge is 0.329 e. The van der Waals surface area contributed by atoms with Crippen molar-refractivity contribution in [3.8, 4) is 0 Å². The van der Waals surface area contributed by atoms with Gasteiger partial charge in [-0.15, -0.1) is 0 Å². The van der Waals surface area contributed by atoms with Gasteiger partial charge in [-0.05, 0) is 26.3 Å². The van der Waals surface area contributed by atoms with Crippen LogP contribution < -0.4 is 5.73 Å². The van der Waals surface area contributed by atoms with E-state index in [4.69, 9.17) is 5.73 Å². The number of nitrogens with zero attached hydrogens (tertiary/aromatic N) is 1. The van der Waals surface area contributed by atoms with Crippen LogP contribution in [0.1, 0.15) is 64.7 Å². The maximum absolute atomic E-state index is 5.92. The molecule has 96 valence electrons. The Bertz CT molecular complexity index is 164. The molecule has 0 radical (unpaired) electrons. The van der Waals surface area contributed by atoms with Crippen LogP contribution in [0.15, 0.2) is 0 Å². The molecular weight excluding hydrogens is 196 g/mol. The lowest BCUT2D eigenvalue weighted by molar-refractivity contribution is 0.132. The Kier molecular flexibility index (Phi) is 7.06. The van der Waals surface area contributed by atoms with Crippen molar-refractivity contribution in [2.45, 2.75) is 76.8 Å². The van der Waals surface area contributed by atoms with Crippen molar-refractivity contribution in [2.75, 3.05) is 13.6 Å². The monoisotopic (exact) mass is 226 g/mol. The Balaban J connectivity index is 2.31. The average Bonchev–Trinajstić information content (AvgIpc) is 2.35. The third kappa shape index (κ3) is 4.42. The number of unbranched alkanes of at least 4 members (excludes halogenated alkanes) is 2. The highest BCUT2D eigenvalue weighted by Gasteiger charge is 2.23. The first-order chi connectivity index (χ1) is 7.79. The quantitative estimate of drug-likeness (QED) is 0.676. The lowest BCUT2D eigenvalue weighted by atomic mass is 9.93. The molecule has 1 atom stereocenters. The van der Waals surface area contributed by atoms with Crippen LogP contribution >= 0.6 is 0 Å². The smallest absolute Gasteiger partial charge is 0.0218 e. The second-order valence-corrected chi connectivity index (χ2v) is 5.34. The molecule has 1 rings (SSSR count). The summed E-state index contributed by atoms with van der Waals surface area (Å²) >= 11 is 0. The standard InChI is InChI=1S/C14H30N2/c1-3-4-6-11-14(12-15)16(2)13-9-7-5-8-10-13/h13-14H,3-12,15H2,1-2H3. The van der Waals surface area contributed by atoms with Gasteiger partial charge in [-0.2, -0.15) is 0 Å². The number of nitrogens with two attached hydrogens (primary N) is 1. The third-order valence-electron chi connectivity index (χ3n) is 4.14. The van der Waals surface area contributed by atoms with Crippen LogP contribution in [0.3, 0.4) is 0 Å². The molecule has 16 heavy (non-hydrogen) atoms. The Morgan fingerprint density at radius 2 is 1.88 bits per heavy atom. The molecule has 0 amide bonds. The highest BCUT2D eigenvalue weighted by Crippen LogP contribution is 2.24. The van der Waals surface area contributed by atoms with Crippen LogP contribution in [-0.4, -0.2) is 30.6 Å². The van der Waals surface area contributed by atoms with E-state index in [9.17, 15) is 0 Å². The van der Waals surface area contributed by atoms with Crippen molar-refractivity contribution >= 4 is 0 Å². The molecule has 0 aromatic carbocycles. The molecule has 1 saturated carbocycles. The minimum absolute atomic E-state index is 0.620. The first kappa shape index (κ1) is 14.0. The van der Waals surface area contributed by atoms with Gasteiger partial charge >= 0.3 is 0 Å². The molecule has 0 saturated heterocycles. The Labute approximate surface area is 102 Å². The number of hydrogen-bond acceptors (Lipinski definition) is 2. The van der Waals surface area contributed by atoms with Crippen molar-refractivity contribution < 1.29 is 0 Å². The van der Waals surface area contributed by atoms with Gasteiger partial charge in [0, 0.05) is 18.6 Å². The van der Waals surface area contributed by atoms with Gasteiger partial charge in [-0.3, -0.25) is 4.90 Å². The highest BCUT2D eigenvalue weighted by atomic mass is 15.2. The summed E-state index contributed by atoms with van der Waals surface area (Å²) in [6.07, 6.45) is 12.4. The fourth-order valence-electron chi connectivity index (χ4n) is 2.90. The van der Waals surface area contributed by atoms with Gasteiger partial charge < -0.3 is 5.73 Å². The number of hydrogen-bond donors (Lipinski definition) is 1. The van der Waals surface area contributed by atoms with Gasteiger partial charge in [0.2, 0.25) is 0 Å². The first-order valence-electron chi connectivity index (χ1n) is 7.21. The van der Waals surface area contributed by atoms with E-state index >= 15 is 0 Å². The highest BCUT2D eigenvalue weighted by molar-refractivity contribution is 4.79. The lowest BCUT2D eigenvalue weighted by Crippen LogP contribution is -2.45. The minimum atomic E-state index is 0.620. The SMILES string of the molecule is CCCCCC(CN)N(C)C1CCCCC1. The molecule has 0 aromatic heterocycles. The van der Waals surface area contributed by atoms with Gasteiger partial charge in [0.1, 0.15) is 0 Å². The molecule has 0 aliphatic heterocycles. The molecule has 0 bridgehead atoms.